The number of hydrogen-bond acceptors (Lipinski definition) is 5. The molecule has 2 aromatic rings. The standard InChI is InChI=1S/C25H31N5O/c26-11-8-23(17-27)28-22-7-6-20-10-15-30(25(31)24(20)16-22)13-3-12-29-14-9-19-4-1-2-5-21(19)18-29/h1-2,4-8,11,16-17,28H,3,9-10,12-15,18,26-27H2/b11-8-,23-17+. The van der Waals surface area contributed by atoms with Gasteiger partial charge in [0, 0.05) is 50.2 Å². The Morgan fingerprint density at radius 1 is 1.00 bits per heavy atom. The van der Waals surface area contributed by atoms with Crippen molar-refractivity contribution in [2.45, 2.75) is 25.8 Å². The van der Waals surface area contributed by atoms with Crippen LogP contribution in [0.2, 0.25) is 0 Å². The summed E-state index contributed by atoms with van der Waals surface area (Å²) in [5, 5.41) is 3.20. The van der Waals surface area contributed by atoms with Crippen LogP contribution in [0.15, 0.2) is 66.6 Å². The molecule has 0 saturated carbocycles. The molecule has 2 heterocycles. The van der Waals surface area contributed by atoms with E-state index < -0.39 is 0 Å². The molecule has 162 valence electrons. The number of amides is 1. The monoisotopic (exact) mass is 417 g/mol. The second-order valence-electron chi connectivity index (χ2n) is 8.17. The van der Waals surface area contributed by atoms with Gasteiger partial charge in [-0.2, -0.15) is 0 Å². The van der Waals surface area contributed by atoms with Crippen molar-refractivity contribution >= 4 is 11.6 Å². The Bertz CT molecular complexity index is 997. The van der Waals surface area contributed by atoms with Crippen LogP contribution >= 0.6 is 0 Å². The molecule has 2 aliphatic rings. The Morgan fingerprint density at radius 3 is 2.61 bits per heavy atom. The minimum atomic E-state index is 0.113. The van der Waals surface area contributed by atoms with Crippen LogP contribution in [-0.2, 0) is 19.4 Å². The van der Waals surface area contributed by atoms with E-state index in [0.717, 1.165) is 68.8 Å². The van der Waals surface area contributed by atoms with E-state index in [-0.39, 0.29) is 5.91 Å². The number of hydrogen-bond donors (Lipinski definition) is 3. The van der Waals surface area contributed by atoms with Crippen LogP contribution in [0.5, 0.6) is 0 Å². The third-order valence-corrected chi connectivity index (χ3v) is 6.13. The maximum absolute atomic E-state index is 13.1. The number of allylic oxidation sites excluding steroid dienone is 1. The maximum atomic E-state index is 13.1. The summed E-state index contributed by atoms with van der Waals surface area (Å²) in [7, 11) is 0. The first kappa shape index (κ1) is 21.0. The zero-order valence-electron chi connectivity index (χ0n) is 17.9. The largest absolute Gasteiger partial charge is 0.405 e. The lowest BCUT2D eigenvalue weighted by Crippen LogP contribution is -2.40. The number of anilines is 1. The summed E-state index contributed by atoms with van der Waals surface area (Å²) >= 11 is 0. The Morgan fingerprint density at radius 2 is 1.81 bits per heavy atom. The minimum Gasteiger partial charge on any atom is -0.405 e. The molecule has 0 aromatic heterocycles. The average Bonchev–Trinajstić information content (AvgIpc) is 2.80. The molecule has 0 aliphatic carbocycles. The van der Waals surface area contributed by atoms with E-state index in [1.54, 1.807) is 6.08 Å². The summed E-state index contributed by atoms with van der Waals surface area (Å²) in [6.45, 7) is 4.69. The van der Waals surface area contributed by atoms with Crippen molar-refractivity contribution < 1.29 is 4.79 Å². The van der Waals surface area contributed by atoms with Gasteiger partial charge in [-0.05, 0) is 60.4 Å². The van der Waals surface area contributed by atoms with E-state index in [1.807, 2.05) is 23.1 Å². The van der Waals surface area contributed by atoms with E-state index in [0.29, 0.717) is 5.70 Å². The number of carbonyl (C=O) groups excluding carboxylic acids is 1. The summed E-state index contributed by atoms with van der Waals surface area (Å²) in [5.41, 5.74) is 17.4. The molecule has 1 amide bonds. The first-order chi connectivity index (χ1) is 15.2. The van der Waals surface area contributed by atoms with Crippen molar-refractivity contribution in [3.63, 3.8) is 0 Å². The van der Waals surface area contributed by atoms with Gasteiger partial charge < -0.3 is 21.7 Å². The number of carbonyl (C=O) groups is 1. The first-order valence-corrected chi connectivity index (χ1v) is 11.0. The first-order valence-electron chi connectivity index (χ1n) is 11.0. The van der Waals surface area contributed by atoms with Crippen molar-refractivity contribution in [3.05, 3.63) is 88.9 Å². The molecule has 0 saturated heterocycles. The van der Waals surface area contributed by atoms with E-state index in [2.05, 4.69) is 34.5 Å². The fourth-order valence-electron chi connectivity index (χ4n) is 4.45. The number of fused-ring (bicyclic) bond motifs is 2. The summed E-state index contributed by atoms with van der Waals surface area (Å²) in [5.74, 6) is 0.113. The lowest BCUT2D eigenvalue weighted by molar-refractivity contribution is 0.0730. The normalized spacial score (nSPS) is 17.0. The summed E-state index contributed by atoms with van der Waals surface area (Å²) in [4.78, 5) is 17.6. The smallest absolute Gasteiger partial charge is 0.254 e. The SMILES string of the molecule is N/C=C\C(=C/N)Nc1ccc2c(c1)C(=O)N(CCCN1CCc3ccccc3C1)CC2. The van der Waals surface area contributed by atoms with Gasteiger partial charge in [-0.3, -0.25) is 9.69 Å². The van der Waals surface area contributed by atoms with Crippen LogP contribution < -0.4 is 16.8 Å². The number of nitrogens with two attached hydrogens (primary N) is 2. The van der Waals surface area contributed by atoms with Crippen LogP contribution in [0.25, 0.3) is 0 Å². The predicted molar refractivity (Wildman–Crippen MR) is 125 cm³/mol. The van der Waals surface area contributed by atoms with Crippen LogP contribution in [0.1, 0.15) is 33.5 Å². The van der Waals surface area contributed by atoms with Gasteiger partial charge in [0.2, 0.25) is 0 Å². The fourth-order valence-corrected chi connectivity index (χ4v) is 4.45. The van der Waals surface area contributed by atoms with Gasteiger partial charge in [0.1, 0.15) is 0 Å². The molecule has 0 spiro atoms. The molecule has 5 N–H and O–H groups in total. The quantitative estimate of drug-likeness (QED) is 0.603. The van der Waals surface area contributed by atoms with Gasteiger partial charge in [0.15, 0.2) is 0 Å². The fraction of sp³-hybridized carbons (Fsp3) is 0.320. The molecular formula is C25H31N5O. The average molecular weight is 418 g/mol. The van der Waals surface area contributed by atoms with Crippen molar-refractivity contribution in [1.29, 1.82) is 0 Å². The molecule has 4 rings (SSSR count). The van der Waals surface area contributed by atoms with Gasteiger partial charge in [-0.1, -0.05) is 30.3 Å². The Hall–Kier alpha value is -3.25. The predicted octanol–water partition coefficient (Wildman–Crippen LogP) is 2.82. The lowest BCUT2D eigenvalue weighted by atomic mass is 9.98. The van der Waals surface area contributed by atoms with Crippen molar-refractivity contribution in [2.24, 2.45) is 11.5 Å². The second-order valence-corrected chi connectivity index (χ2v) is 8.17. The number of benzene rings is 2. The molecule has 0 radical (unpaired) electrons. The Balaban J connectivity index is 1.34. The molecule has 31 heavy (non-hydrogen) atoms. The van der Waals surface area contributed by atoms with Gasteiger partial charge >= 0.3 is 0 Å². The van der Waals surface area contributed by atoms with E-state index in [4.69, 9.17) is 11.5 Å². The van der Waals surface area contributed by atoms with Crippen LogP contribution in [0, 0.1) is 0 Å². The molecule has 0 fully saturated rings. The highest BCUT2D eigenvalue weighted by atomic mass is 16.2. The Labute approximate surface area is 184 Å². The van der Waals surface area contributed by atoms with Gasteiger partial charge in [0.05, 0.1) is 5.70 Å². The Kier molecular flexibility index (Phi) is 6.57. The summed E-state index contributed by atoms with van der Waals surface area (Å²) in [6, 6.07) is 14.6. The van der Waals surface area contributed by atoms with Gasteiger partial charge in [0.25, 0.3) is 5.91 Å². The molecule has 0 bridgehead atoms. The van der Waals surface area contributed by atoms with E-state index in [9.17, 15) is 4.79 Å². The van der Waals surface area contributed by atoms with Crippen molar-refractivity contribution in [3.8, 4) is 0 Å². The van der Waals surface area contributed by atoms with Gasteiger partial charge in [-0.15, -0.1) is 0 Å². The van der Waals surface area contributed by atoms with Crippen LogP contribution in [-0.4, -0.2) is 41.9 Å². The summed E-state index contributed by atoms with van der Waals surface area (Å²) < 4.78 is 0. The minimum absolute atomic E-state index is 0.113. The molecule has 0 atom stereocenters. The maximum Gasteiger partial charge on any atom is 0.254 e. The molecular weight excluding hydrogens is 386 g/mol. The third-order valence-electron chi connectivity index (χ3n) is 6.13. The zero-order valence-corrected chi connectivity index (χ0v) is 17.9. The van der Waals surface area contributed by atoms with Crippen molar-refractivity contribution in [1.82, 2.24) is 9.80 Å². The highest BCUT2D eigenvalue weighted by Gasteiger charge is 2.24. The lowest BCUT2D eigenvalue weighted by Gasteiger charge is -2.31. The zero-order chi connectivity index (χ0) is 21.6. The number of nitrogens with zero attached hydrogens (tertiary/aromatic N) is 2. The molecule has 2 aromatic carbocycles. The number of rotatable bonds is 7. The van der Waals surface area contributed by atoms with Crippen molar-refractivity contribution in [2.75, 3.05) is 31.5 Å². The topological polar surface area (TPSA) is 87.6 Å². The number of nitrogens with one attached hydrogen (secondary N) is 1. The van der Waals surface area contributed by atoms with E-state index in [1.165, 1.54) is 23.5 Å². The molecule has 2 aliphatic heterocycles. The highest BCUT2D eigenvalue weighted by Crippen LogP contribution is 2.24. The molecule has 0 unspecified atom stereocenters. The second kappa shape index (κ2) is 9.71. The van der Waals surface area contributed by atoms with Crippen LogP contribution in [0.4, 0.5) is 5.69 Å². The molecule has 6 heteroatoms. The molecule has 6 nitrogen and oxygen atoms in total. The van der Waals surface area contributed by atoms with Gasteiger partial charge in [-0.25, -0.2) is 0 Å². The summed E-state index contributed by atoms with van der Waals surface area (Å²) in [6.07, 6.45) is 7.56. The highest BCUT2D eigenvalue weighted by molar-refractivity contribution is 5.97. The third kappa shape index (κ3) is 4.91. The van der Waals surface area contributed by atoms with E-state index >= 15 is 0 Å². The van der Waals surface area contributed by atoms with Crippen LogP contribution in [0.3, 0.4) is 0 Å².